The van der Waals surface area contributed by atoms with Crippen molar-refractivity contribution < 1.29 is 18.7 Å². The van der Waals surface area contributed by atoms with Gasteiger partial charge in [0.15, 0.2) is 0 Å². The molecule has 11 nitrogen and oxygen atoms in total. The molecule has 8 rings (SSSR count). The first-order valence-corrected chi connectivity index (χ1v) is 21.5. The largest absolute Gasteiger partial charge is 0.453 e. The molecule has 6 atom stereocenters. The van der Waals surface area contributed by atoms with E-state index in [-0.39, 0.29) is 41.8 Å². The number of ether oxygens (including phenoxy) is 1. The number of hydrogen-bond donors (Lipinski definition) is 3. The van der Waals surface area contributed by atoms with Gasteiger partial charge in [0.25, 0.3) is 0 Å². The Bertz CT molecular complexity index is 2370. The Morgan fingerprint density at radius 2 is 1.34 bits per heavy atom. The number of carbonyl (C=O) groups is 2. The average Bonchev–Trinajstić information content (AvgIpc) is 4.07. The van der Waals surface area contributed by atoms with Gasteiger partial charge in [-0.05, 0) is 116 Å². The van der Waals surface area contributed by atoms with Crippen LogP contribution in [0.1, 0.15) is 126 Å². The number of amides is 2. The molecule has 3 saturated heterocycles. The van der Waals surface area contributed by atoms with E-state index < -0.39 is 12.1 Å². The zero-order valence-electron chi connectivity index (χ0n) is 35.5. The van der Waals surface area contributed by atoms with Gasteiger partial charge in [-0.2, -0.15) is 0 Å². The summed E-state index contributed by atoms with van der Waals surface area (Å²) in [7, 11) is 1.30. The Balaban J connectivity index is 1.09. The molecule has 3 N–H and O–H groups in total. The first-order chi connectivity index (χ1) is 28.3. The Morgan fingerprint density at radius 3 is 1.86 bits per heavy atom. The Morgan fingerprint density at radius 1 is 0.780 bits per heavy atom. The van der Waals surface area contributed by atoms with Gasteiger partial charge in [-0.15, -0.1) is 0 Å². The SMILES string of the molecule is C=C(C(C)C(C)C)N1CCC[C@H]1c1nc2cc(C3CC[C@H](c4ccc5[nH]c(C6CCCN6C(=O)[C@@H](NC(=O)OC)C(C)C)nc5c4)N3c3ccc(C)c(F)c3)ccc2[nH]1. The number of hydrogen-bond acceptors (Lipinski definition) is 7. The van der Waals surface area contributed by atoms with Crippen LogP contribution in [0.5, 0.6) is 0 Å². The molecular formula is C47H59FN8O3. The molecule has 12 heteroatoms. The number of rotatable bonds is 11. The third-order valence-corrected chi connectivity index (χ3v) is 13.4. The number of H-pyrrole nitrogens is 2. The summed E-state index contributed by atoms with van der Waals surface area (Å²) in [6, 6.07) is 17.7. The molecule has 312 valence electrons. The minimum atomic E-state index is -0.704. The Hall–Kier alpha value is -5.39. The van der Waals surface area contributed by atoms with Crippen molar-refractivity contribution in [2.45, 2.75) is 110 Å². The molecule has 0 radical (unpaired) electrons. The summed E-state index contributed by atoms with van der Waals surface area (Å²) in [4.78, 5) is 50.0. The monoisotopic (exact) mass is 802 g/mol. The summed E-state index contributed by atoms with van der Waals surface area (Å²) in [5.74, 6) is 2.15. The summed E-state index contributed by atoms with van der Waals surface area (Å²) in [6.07, 6.45) is 4.89. The number of aryl methyl sites for hydroxylation is 1. The van der Waals surface area contributed by atoms with Crippen molar-refractivity contribution in [3.8, 4) is 0 Å². The second-order valence-corrected chi connectivity index (χ2v) is 17.7. The lowest BCUT2D eigenvalue weighted by Gasteiger charge is -2.33. The smallest absolute Gasteiger partial charge is 0.407 e. The maximum atomic E-state index is 15.3. The average molecular weight is 803 g/mol. The Labute approximate surface area is 346 Å². The van der Waals surface area contributed by atoms with E-state index in [2.05, 4.69) is 88.8 Å². The van der Waals surface area contributed by atoms with Gasteiger partial charge in [0, 0.05) is 24.5 Å². The lowest BCUT2D eigenvalue weighted by atomic mass is 9.94. The summed E-state index contributed by atoms with van der Waals surface area (Å²) in [5, 5.41) is 2.73. The molecule has 3 unspecified atom stereocenters. The summed E-state index contributed by atoms with van der Waals surface area (Å²) in [6.45, 7) is 18.5. The van der Waals surface area contributed by atoms with Gasteiger partial charge in [-0.25, -0.2) is 19.2 Å². The number of allylic oxidation sites excluding steroid dienone is 1. The molecule has 0 saturated carbocycles. The van der Waals surface area contributed by atoms with E-state index in [1.807, 2.05) is 30.9 Å². The van der Waals surface area contributed by atoms with Crippen LogP contribution in [0.2, 0.25) is 0 Å². The second kappa shape index (κ2) is 16.3. The number of aromatic amines is 2. The first-order valence-electron chi connectivity index (χ1n) is 21.5. The van der Waals surface area contributed by atoms with E-state index in [1.54, 1.807) is 13.0 Å². The maximum absolute atomic E-state index is 15.3. The van der Waals surface area contributed by atoms with Crippen LogP contribution < -0.4 is 10.2 Å². The lowest BCUT2D eigenvalue weighted by molar-refractivity contribution is -0.135. The normalized spacial score (nSPS) is 22.0. The molecule has 3 aliphatic heterocycles. The van der Waals surface area contributed by atoms with Gasteiger partial charge in [-0.3, -0.25) is 4.79 Å². The van der Waals surface area contributed by atoms with E-state index in [9.17, 15) is 9.59 Å². The summed E-state index contributed by atoms with van der Waals surface area (Å²) < 4.78 is 20.1. The van der Waals surface area contributed by atoms with Crippen molar-refractivity contribution in [2.75, 3.05) is 25.1 Å². The number of methoxy groups -OCH3 is 1. The molecule has 0 bridgehead atoms. The number of nitrogens with zero attached hydrogens (tertiary/aromatic N) is 5. The van der Waals surface area contributed by atoms with Crippen molar-refractivity contribution in [3.05, 3.63) is 101 Å². The predicted octanol–water partition coefficient (Wildman–Crippen LogP) is 9.96. The highest BCUT2D eigenvalue weighted by Gasteiger charge is 2.39. The predicted molar refractivity (Wildman–Crippen MR) is 230 cm³/mol. The summed E-state index contributed by atoms with van der Waals surface area (Å²) >= 11 is 0. The van der Waals surface area contributed by atoms with Crippen LogP contribution in [0.15, 0.2) is 66.9 Å². The van der Waals surface area contributed by atoms with E-state index >= 15 is 4.39 Å². The minimum Gasteiger partial charge on any atom is -0.453 e. The molecule has 0 spiro atoms. The number of aromatic nitrogens is 4. The van der Waals surface area contributed by atoms with Gasteiger partial charge in [0.05, 0.1) is 53.3 Å². The molecule has 2 aromatic heterocycles. The van der Waals surface area contributed by atoms with Crippen molar-refractivity contribution in [1.82, 2.24) is 35.1 Å². The fourth-order valence-electron chi connectivity index (χ4n) is 9.62. The molecular weight excluding hydrogens is 744 g/mol. The van der Waals surface area contributed by atoms with Gasteiger partial charge < -0.3 is 34.7 Å². The number of likely N-dealkylation sites (tertiary alicyclic amines) is 2. The van der Waals surface area contributed by atoms with Crippen LogP contribution in [0, 0.1) is 30.5 Å². The van der Waals surface area contributed by atoms with E-state index in [0.717, 1.165) is 95.6 Å². The molecule has 3 aromatic carbocycles. The van der Waals surface area contributed by atoms with Crippen molar-refractivity contribution in [3.63, 3.8) is 0 Å². The number of nitrogens with one attached hydrogen (secondary N) is 3. The highest BCUT2D eigenvalue weighted by atomic mass is 19.1. The summed E-state index contributed by atoms with van der Waals surface area (Å²) in [5.41, 5.74) is 8.55. The highest BCUT2D eigenvalue weighted by Crippen LogP contribution is 2.48. The Kier molecular flexibility index (Phi) is 11.2. The van der Waals surface area contributed by atoms with E-state index in [1.165, 1.54) is 12.8 Å². The van der Waals surface area contributed by atoms with Crippen LogP contribution in [0.4, 0.5) is 14.9 Å². The zero-order valence-corrected chi connectivity index (χ0v) is 35.5. The molecule has 59 heavy (non-hydrogen) atoms. The van der Waals surface area contributed by atoms with Crippen LogP contribution >= 0.6 is 0 Å². The molecule has 5 aromatic rings. The molecule has 3 fully saturated rings. The lowest BCUT2D eigenvalue weighted by Crippen LogP contribution is -2.51. The topological polar surface area (TPSA) is 122 Å². The van der Waals surface area contributed by atoms with Crippen LogP contribution in [0.3, 0.4) is 0 Å². The van der Waals surface area contributed by atoms with E-state index in [0.29, 0.717) is 23.9 Å². The maximum Gasteiger partial charge on any atom is 0.407 e. The third kappa shape index (κ3) is 7.66. The zero-order chi connectivity index (χ0) is 41.7. The molecule has 3 aliphatic rings. The van der Waals surface area contributed by atoms with E-state index in [4.69, 9.17) is 14.7 Å². The number of alkyl carbamates (subject to hydrolysis) is 1. The second-order valence-electron chi connectivity index (χ2n) is 17.7. The highest BCUT2D eigenvalue weighted by molar-refractivity contribution is 5.86. The number of benzene rings is 3. The molecule has 2 amide bonds. The van der Waals surface area contributed by atoms with Crippen LogP contribution in [-0.4, -0.2) is 68.0 Å². The fourth-order valence-corrected chi connectivity index (χ4v) is 9.62. The van der Waals surface area contributed by atoms with Gasteiger partial charge >= 0.3 is 6.09 Å². The number of carbonyl (C=O) groups excluding carboxylic acids is 2. The third-order valence-electron chi connectivity index (χ3n) is 13.4. The number of halogens is 1. The van der Waals surface area contributed by atoms with Crippen LogP contribution in [0.25, 0.3) is 22.1 Å². The van der Waals surface area contributed by atoms with Crippen molar-refractivity contribution in [1.29, 1.82) is 0 Å². The molecule has 5 heterocycles. The number of fused-ring (bicyclic) bond motifs is 2. The molecule has 0 aliphatic carbocycles. The van der Waals surface area contributed by atoms with Gasteiger partial charge in [0.2, 0.25) is 5.91 Å². The van der Waals surface area contributed by atoms with Crippen LogP contribution in [-0.2, 0) is 9.53 Å². The standard InChI is InChI=1S/C47H59FN8O3/c1-26(2)29(6)30(7)54-21-9-11-41(54)44-49-35-17-14-31(23-37(35)51-44)39-19-20-40(56(39)33-16-13-28(5)34(48)25-33)32-15-18-36-38(24-32)52-45(50-36)42-12-10-22-55(42)46(57)43(27(3)4)53-47(58)59-8/h13-18,23-27,29,39-43H,7,9-12,19-22H2,1-6,8H3,(H,49,51)(H,50,52)(H,53,58)/t29?,39?,40-,41+,42?,43+/m1/s1. The number of anilines is 1. The fraction of sp³-hybridized carbons (Fsp3) is 0.489. The number of imidazole rings is 2. The first kappa shape index (κ1) is 40.4. The van der Waals surface area contributed by atoms with Gasteiger partial charge in [0.1, 0.15) is 23.5 Å². The quantitative estimate of drug-likeness (QED) is 0.122. The van der Waals surface area contributed by atoms with Gasteiger partial charge in [-0.1, -0.05) is 59.4 Å². The van der Waals surface area contributed by atoms with Crippen molar-refractivity contribution >= 4 is 39.8 Å². The minimum absolute atomic E-state index is 0.00249. The van der Waals surface area contributed by atoms with Crippen molar-refractivity contribution in [2.24, 2.45) is 17.8 Å².